The van der Waals surface area contributed by atoms with Crippen molar-refractivity contribution < 1.29 is 14.5 Å². The first-order valence-corrected chi connectivity index (χ1v) is 7.17. The van der Waals surface area contributed by atoms with Gasteiger partial charge in [0.15, 0.2) is 0 Å². The van der Waals surface area contributed by atoms with Crippen LogP contribution in [0.15, 0.2) is 18.2 Å². The molecule has 1 aromatic carbocycles. The Morgan fingerprint density at radius 1 is 1.50 bits per heavy atom. The highest BCUT2D eigenvalue weighted by atomic mass is 16.6. The van der Waals surface area contributed by atoms with Crippen molar-refractivity contribution in [1.29, 1.82) is 5.26 Å². The van der Waals surface area contributed by atoms with Crippen LogP contribution < -0.4 is 4.90 Å². The number of carbonyl (C=O) groups is 1. The quantitative estimate of drug-likeness (QED) is 0.481. The number of anilines is 1. The fraction of sp³-hybridized carbons (Fsp3) is 0.467. The van der Waals surface area contributed by atoms with Crippen LogP contribution in [-0.2, 0) is 9.53 Å². The Morgan fingerprint density at radius 2 is 2.18 bits per heavy atom. The number of rotatable bonds is 4. The lowest BCUT2D eigenvalue weighted by atomic mass is 9.96. The monoisotopic (exact) mass is 303 g/mol. The lowest BCUT2D eigenvalue weighted by molar-refractivity contribution is -0.384. The molecule has 7 nitrogen and oxygen atoms in total. The predicted molar refractivity (Wildman–Crippen MR) is 79.4 cm³/mol. The Bertz CT molecular complexity index is 616. The molecule has 0 aromatic heterocycles. The van der Waals surface area contributed by atoms with Gasteiger partial charge in [0.2, 0.25) is 0 Å². The summed E-state index contributed by atoms with van der Waals surface area (Å²) in [5, 5.41) is 20.4. The number of nitro benzene ring substituents is 1. The van der Waals surface area contributed by atoms with E-state index < -0.39 is 4.92 Å². The van der Waals surface area contributed by atoms with E-state index in [-0.39, 0.29) is 23.1 Å². The molecule has 0 spiro atoms. The van der Waals surface area contributed by atoms with Crippen LogP contribution in [0.2, 0.25) is 0 Å². The molecule has 2 rings (SSSR count). The second-order valence-corrected chi connectivity index (χ2v) is 5.06. The summed E-state index contributed by atoms with van der Waals surface area (Å²) < 4.78 is 5.01. The molecule has 0 aliphatic carbocycles. The molecule has 0 saturated carbocycles. The van der Waals surface area contributed by atoms with Gasteiger partial charge in [0.25, 0.3) is 5.69 Å². The van der Waals surface area contributed by atoms with Gasteiger partial charge < -0.3 is 9.64 Å². The average Bonchev–Trinajstić information content (AvgIpc) is 2.54. The number of nitro groups is 1. The number of piperidine rings is 1. The van der Waals surface area contributed by atoms with Crippen LogP contribution in [0.4, 0.5) is 11.4 Å². The molecule has 1 aliphatic rings. The van der Waals surface area contributed by atoms with Crippen LogP contribution in [-0.4, -0.2) is 30.6 Å². The highest BCUT2D eigenvalue weighted by Gasteiger charge is 2.30. The third-order valence-corrected chi connectivity index (χ3v) is 3.76. The number of para-hydroxylation sites is 1. The molecule has 1 aliphatic heterocycles. The molecule has 0 amide bonds. The largest absolute Gasteiger partial charge is 0.466 e. The van der Waals surface area contributed by atoms with Crippen LogP contribution in [0.5, 0.6) is 0 Å². The fourth-order valence-electron chi connectivity index (χ4n) is 2.70. The van der Waals surface area contributed by atoms with E-state index in [4.69, 9.17) is 4.74 Å². The Kier molecular flexibility index (Phi) is 4.94. The van der Waals surface area contributed by atoms with Gasteiger partial charge in [-0.2, -0.15) is 5.26 Å². The van der Waals surface area contributed by atoms with E-state index in [0.29, 0.717) is 38.2 Å². The molecule has 0 radical (unpaired) electrons. The maximum Gasteiger partial charge on any atom is 0.309 e. The Labute approximate surface area is 128 Å². The molecular formula is C15H17N3O4. The first kappa shape index (κ1) is 15.8. The van der Waals surface area contributed by atoms with E-state index >= 15 is 0 Å². The van der Waals surface area contributed by atoms with Crippen molar-refractivity contribution in [3.63, 3.8) is 0 Å². The predicted octanol–water partition coefficient (Wildman–Crippen LogP) is 2.25. The summed E-state index contributed by atoms with van der Waals surface area (Å²) in [4.78, 5) is 24.3. The minimum Gasteiger partial charge on any atom is -0.466 e. The summed E-state index contributed by atoms with van der Waals surface area (Å²) in [5.41, 5.74) is 0.551. The molecule has 1 fully saturated rings. The van der Waals surface area contributed by atoms with E-state index in [0.717, 1.165) is 0 Å². The summed E-state index contributed by atoms with van der Waals surface area (Å²) in [5.74, 6) is -0.394. The van der Waals surface area contributed by atoms with Gasteiger partial charge in [0, 0.05) is 19.2 Å². The van der Waals surface area contributed by atoms with Crippen molar-refractivity contribution in [2.45, 2.75) is 19.8 Å². The van der Waals surface area contributed by atoms with Crippen molar-refractivity contribution in [2.24, 2.45) is 5.92 Å². The molecule has 0 N–H and O–H groups in total. The Morgan fingerprint density at radius 3 is 2.73 bits per heavy atom. The van der Waals surface area contributed by atoms with Crippen LogP contribution in [0, 0.1) is 27.4 Å². The number of nitrogens with zero attached hydrogens (tertiary/aromatic N) is 3. The van der Waals surface area contributed by atoms with Gasteiger partial charge in [0.1, 0.15) is 11.8 Å². The lowest BCUT2D eigenvalue weighted by Crippen LogP contribution is -2.37. The minimum absolute atomic E-state index is 0.0753. The first-order chi connectivity index (χ1) is 10.6. The first-order valence-electron chi connectivity index (χ1n) is 7.17. The van der Waals surface area contributed by atoms with Gasteiger partial charge >= 0.3 is 5.97 Å². The number of hydrogen-bond acceptors (Lipinski definition) is 6. The normalized spacial score (nSPS) is 15.2. The van der Waals surface area contributed by atoms with Gasteiger partial charge in [-0.15, -0.1) is 0 Å². The van der Waals surface area contributed by atoms with Crippen molar-refractivity contribution >= 4 is 17.3 Å². The number of esters is 1. The van der Waals surface area contributed by atoms with E-state index in [2.05, 4.69) is 0 Å². The van der Waals surface area contributed by atoms with E-state index in [1.165, 1.54) is 12.1 Å². The third kappa shape index (κ3) is 3.17. The fourth-order valence-corrected chi connectivity index (χ4v) is 2.70. The standard InChI is InChI=1S/C15H17N3O4/c1-2-22-15(19)11-6-8-17(9-7-11)14-12(10-16)4-3-5-13(14)18(20)21/h3-5,11H,2,6-9H2,1H3. The molecule has 0 unspecified atom stereocenters. The van der Waals surface area contributed by atoms with Gasteiger partial charge in [-0.25, -0.2) is 0 Å². The summed E-state index contributed by atoms with van der Waals surface area (Å²) >= 11 is 0. The van der Waals surface area contributed by atoms with Crippen molar-refractivity contribution in [1.82, 2.24) is 0 Å². The van der Waals surface area contributed by atoms with Crippen molar-refractivity contribution in [3.05, 3.63) is 33.9 Å². The number of benzene rings is 1. The van der Waals surface area contributed by atoms with Crippen molar-refractivity contribution in [3.8, 4) is 6.07 Å². The summed E-state index contributed by atoms with van der Waals surface area (Å²) in [6.07, 6.45) is 1.13. The summed E-state index contributed by atoms with van der Waals surface area (Å²) in [6, 6.07) is 6.48. The zero-order valence-corrected chi connectivity index (χ0v) is 12.3. The Balaban J connectivity index is 2.20. The molecule has 0 atom stereocenters. The zero-order chi connectivity index (χ0) is 16.1. The van der Waals surface area contributed by atoms with E-state index in [9.17, 15) is 20.2 Å². The van der Waals surface area contributed by atoms with Gasteiger partial charge in [-0.05, 0) is 25.8 Å². The van der Waals surface area contributed by atoms with Gasteiger partial charge in [-0.1, -0.05) is 6.07 Å². The van der Waals surface area contributed by atoms with Crippen LogP contribution in [0.3, 0.4) is 0 Å². The average molecular weight is 303 g/mol. The molecular weight excluding hydrogens is 286 g/mol. The molecule has 116 valence electrons. The maximum absolute atomic E-state index is 11.7. The van der Waals surface area contributed by atoms with E-state index in [1.807, 2.05) is 11.0 Å². The van der Waals surface area contributed by atoms with Crippen molar-refractivity contribution in [2.75, 3.05) is 24.6 Å². The number of hydrogen-bond donors (Lipinski definition) is 0. The molecule has 1 heterocycles. The highest BCUT2D eigenvalue weighted by Crippen LogP contribution is 2.34. The second kappa shape index (κ2) is 6.89. The number of ether oxygens (including phenoxy) is 1. The van der Waals surface area contributed by atoms with E-state index in [1.54, 1.807) is 13.0 Å². The zero-order valence-electron chi connectivity index (χ0n) is 12.3. The smallest absolute Gasteiger partial charge is 0.309 e. The van der Waals surface area contributed by atoms with Crippen LogP contribution in [0.1, 0.15) is 25.3 Å². The molecule has 1 aromatic rings. The number of carbonyl (C=O) groups excluding carboxylic acids is 1. The minimum atomic E-state index is -0.479. The Hall–Kier alpha value is -2.62. The van der Waals surface area contributed by atoms with Crippen LogP contribution >= 0.6 is 0 Å². The molecule has 0 bridgehead atoms. The van der Waals surface area contributed by atoms with Gasteiger partial charge in [0.05, 0.1) is 23.0 Å². The molecule has 1 saturated heterocycles. The molecule has 22 heavy (non-hydrogen) atoms. The topological polar surface area (TPSA) is 96.5 Å². The highest BCUT2D eigenvalue weighted by molar-refractivity contribution is 5.74. The van der Waals surface area contributed by atoms with Gasteiger partial charge in [-0.3, -0.25) is 14.9 Å². The summed E-state index contributed by atoms with van der Waals surface area (Å²) in [7, 11) is 0. The number of nitriles is 1. The lowest BCUT2D eigenvalue weighted by Gasteiger charge is -2.32. The third-order valence-electron chi connectivity index (χ3n) is 3.76. The van der Waals surface area contributed by atoms with Crippen LogP contribution in [0.25, 0.3) is 0 Å². The second-order valence-electron chi connectivity index (χ2n) is 5.06. The molecule has 7 heteroatoms. The SMILES string of the molecule is CCOC(=O)C1CCN(c2c(C#N)cccc2[N+](=O)[O-])CC1. The maximum atomic E-state index is 11.7. The summed E-state index contributed by atoms with van der Waals surface area (Å²) in [6.45, 7) is 3.09.